The smallest absolute Gasteiger partial charge is 0.348 e. The molecule has 0 aliphatic heterocycles. The minimum Gasteiger partial charge on any atom is -0.451 e. The summed E-state index contributed by atoms with van der Waals surface area (Å²) in [5.74, 6) is -1.38. The van der Waals surface area contributed by atoms with Crippen LogP contribution in [-0.2, 0) is 9.53 Å². The van der Waals surface area contributed by atoms with E-state index >= 15 is 0 Å². The predicted octanol–water partition coefficient (Wildman–Crippen LogP) is 4.43. The molecule has 0 radical (unpaired) electrons. The Bertz CT molecular complexity index is 984. The van der Waals surface area contributed by atoms with Crippen LogP contribution in [0.2, 0.25) is 4.34 Å². The van der Waals surface area contributed by atoms with Crippen LogP contribution in [0.1, 0.15) is 25.6 Å². The average Bonchev–Trinajstić information content (AvgIpc) is 3.13. The van der Waals surface area contributed by atoms with Gasteiger partial charge < -0.3 is 10.1 Å². The van der Waals surface area contributed by atoms with Crippen LogP contribution < -0.4 is 5.32 Å². The van der Waals surface area contributed by atoms with Gasteiger partial charge in [0.05, 0.1) is 10.0 Å². The predicted molar refractivity (Wildman–Crippen MR) is 105 cm³/mol. The van der Waals surface area contributed by atoms with Crippen molar-refractivity contribution in [3.63, 3.8) is 0 Å². The lowest BCUT2D eigenvalue weighted by Gasteiger charge is -2.10. The number of rotatable bonds is 6. The highest BCUT2D eigenvalue weighted by atomic mass is 35.5. The summed E-state index contributed by atoms with van der Waals surface area (Å²) in [6, 6.07) is 18.5. The Kier molecular flexibility index (Phi) is 6.01. The highest BCUT2D eigenvalue weighted by Gasteiger charge is 2.16. The summed E-state index contributed by atoms with van der Waals surface area (Å²) in [6.07, 6.45) is 0. The van der Waals surface area contributed by atoms with Crippen molar-refractivity contribution < 1.29 is 19.1 Å². The van der Waals surface area contributed by atoms with Crippen LogP contribution in [0, 0.1) is 0 Å². The topological polar surface area (TPSA) is 72.5 Å². The number of anilines is 1. The minimum atomic E-state index is -0.629. The normalized spacial score (nSPS) is 10.3. The van der Waals surface area contributed by atoms with E-state index in [4.69, 9.17) is 16.3 Å². The molecule has 0 spiro atoms. The van der Waals surface area contributed by atoms with E-state index in [0.29, 0.717) is 26.0 Å². The summed E-state index contributed by atoms with van der Waals surface area (Å²) in [6.45, 7) is -0.470. The fraction of sp³-hybridized carbons (Fsp3) is 0.0500. The fourth-order valence-electron chi connectivity index (χ4n) is 2.35. The van der Waals surface area contributed by atoms with Crippen LogP contribution in [-0.4, -0.2) is 24.3 Å². The van der Waals surface area contributed by atoms with E-state index in [1.807, 2.05) is 6.07 Å². The summed E-state index contributed by atoms with van der Waals surface area (Å²) < 4.78 is 5.43. The third-order valence-electron chi connectivity index (χ3n) is 3.59. The number of benzene rings is 2. The zero-order valence-electron chi connectivity index (χ0n) is 14.0. The van der Waals surface area contributed by atoms with Crippen LogP contribution in [0.4, 0.5) is 5.69 Å². The quantitative estimate of drug-likeness (QED) is 0.491. The number of carbonyl (C=O) groups excluding carboxylic acids is 3. The van der Waals surface area contributed by atoms with Crippen molar-refractivity contribution in [1.29, 1.82) is 0 Å². The first-order valence-corrected chi connectivity index (χ1v) is 9.15. The van der Waals surface area contributed by atoms with Gasteiger partial charge in [0.1, 0.15) is 4.88 Å². The maximum Gasteiger partial charge on any atom is 0.348 e. The van der Waals surface area contributed by atoms with E-state index in [1.54, 1.807) is 54.6 Å². The third kappa shape index (κ3) is 4.81. The number of ether oxygens (including phenoxy) is 1. The Balaban J connectivity index is 1.66. The molecule has 0 aliphatic rings. The Labute approximate surface area is 164 Å². The number of nitrogens with one attached hydrogen (secondary N) is 1. The second-order valence-corrected chi connectivity index (χ2v) is 7.18. The summed E-state index contributed by atoms with van der Waals surface area (Å²) in [5.41, 5.74) is 1.22. The van der Waals surface area contributed by atoms with Crippen molar-refractivity contribution in [1.82, 2.24) is 0 Å². The molecule has 5 nitrogen and oxygen atoms in total. The second-order valence-electron chi connectivity index (χ2n) is 5.47. The molecule has 1 amide bonds. The fourth-order valence-corrected chi connectivity index (χ4v) is 3.28. The lowest BCUT2D eigenvalue weighted by Crippen LogP contribution is -2.22. The Morgan fingerprint density at radius 3 is 2.33 bits per heavy atom. The van der Waals surface area contributed by atoms with Gasteiger partial charge in [0.15, 0.2) is 12.4 Å². The molecule has 0 unspecified atom stereocenters. The zero-order chi connectivity index (χ0) is 19.2. The van der Waals surface area contributed by atoms with Gasteiger partial charge in [-0.15, -0.1) is 11.3 Å². The molecule has 27 heavy (non-hydrogen) atoms. The summed E-state index contributed by atoms with van der Waals surface area (Å²) in [5, 5.41) is 2.61. The van der Waals surface area contributed by atoms with E-state index < -0.39 is 18.5 Å². The highest BCUT2D eigenvalue weighted by Crippen LogP contribution is 2.22. The Hall–Kier alpha value is -2.96. The van der Waals surface area contributed by atoms with Crippen molar-refractivity contribution in [2.75, 3.05) is 11.9 Å². The van der Waals surface area contributed by atoms with Gasteiger partial charge in [-0.3, -0.25) is 9.59 Å². The van der Waals surface area contributed by atoms with E-state index in [1.165, 1.54) is 6.07 Å². The lowest BCUT2D eigenvalue weighted by atomic mass is 10.0. The van der Waals surface area contributed by atoms with Gasteiger partial charge in [-0.25, -0.2) is 4.79 Å². The van der Waals surface area contributed by atoms with E-state index in [9.17, 15) is 14.4 Å². The standard InChI is InChI=1S/C20H14ClNO4S/c21-17-11-10-16(27-17)20(25)26-12-18(23)22-15-9-5-4-8-14(15)19(24)13-6-2-1-3-7-13/h1-11H,12H2,(H,22,23). The molecule has 3 rings (SSSR count). The number of hydrogen-bond donors (Lipinski definition) is 1. The highest BCUT2D eigenvalue weighted by molar-refractivity contribution is 7.17. The van der Waals surface area contributed by atoms with Crippen LogP contribution >= 0.6 is 22.9 Å². The number of para-hydroxylation sites is 1. The van der Waals surface area contributed by atoms with Crippen LogP contribution in [0.5, 0.6) is 0 Å². The van der Waals surface area contributed by atoms with Gasteiger partial charge in [-0.1, -0.05) is 54.1 Å². The molecular formula is C20H14ClNO4S. The number of carbonyl (C=O) groups is 3. The minimum absolute atomic E-state index is 0.211. The third-order valence-corrected chi connectivity index (χ3v) is 4.80. The van der Waals surface area contributed by atoms with Crippen molar-refractivity contribution in [2.45, 2.75) is 0 Å². The molecule has 2 aromatic carbocycles. The average molecular weight is 400 g/mol. The molecule has 3 aromatic rings. The first-order chi connectivity index (χ1) is 13.0. The van der Waals surface area contributed by atoms with Crippen LogP contribution in [0.15, 0.2) is 66.7 Å². The van der Waals surface area contributed by atoms with Gasteiger partial charge in [0, 0.05) is 11.1 Å². The Morgan fingerprint density at radius 1 is 0.926 bits per heavy atom. The molecule has 0 aliphatic carbocycles. The number of thiophene rings is 1. The van der Waals surface area contributed by atoms with E-state index in [2.05, 4.69) is 5.32 Å². The van der Waals surface area contributed by atoms with E-state index in [-0.39, 0.29) is 5.78 Å². The summed E-state index contributed by atoms with van der Waals surface area (Å²) in [4.78, 5) is 37.0. The number of halogens is 1. The van der Waals surface area contributed by atoms with Crippen molar-refractivity contribution >= 4 is 46.3 Å². The maximum atomic E-state index is 12.7. The Morgan fingerprint density at radius 2 is 1.63 bits per heavy atom. The molecule has 7 heteroatoms. The molecule has 0 saturated carbocycles. The number of esters is 1. The molecule has 1 aromatic heterocycles. The first-order valence-electron chi connectivity index (χ1n) is 7.95. The largest absolute Gasteiger partial charge is 0.451 e. The number of hydrogen-bond acceptors (Lipinski definition) is 5. The molecular weight excluding hydrogens is 386 g/mol. The summed E-state index contributed by atoms with van der Waals surface area (Å²) in [7, 11) is 0. The van der Waals surface area contributed by atoms with Gasteiger partial charge in [0.25, 0.3) is 5.91 Å². The lowest BCUT2D eigenvalue weighted by molar-refractivity contribution is -0.119. The van der Waals surface area contributed by atoms with Gasteiger partial charge >= 0.3 is 5.97 Å². The molecule has 0 atom stereocenters. The molecule has 136 valence electrons. The van der Waals surface area contributed by atoms with Gasteiger partial charge in [-0.05, 0) is 24.3 Å². The maximum absolute atomic E-state index is 12.7. The molecule has 1 N–H and O–H groups in total. The van der Waals surface area contributed by atoms with Crippen molar-refractivity contribution in [2.24, 2.45) is 0 Å². The monoisotopic (exact) mass is 399 g/mol. The van der Waals surface area contributed by atoms with Crippen LogP contribution in [0.3, 0.4) is 0 Å². The second kappa shape index (κ2) is 8.62. The molecule has 0 bridgehead atoms. The summed E-state index contributed by atoms with van der Waals surface area (Å²) >= 11 is 6.84. The molecule has 0 fully saturated rings. The van der Waals surface area contributed by atoms with Gasteiger partial charge in [-0.2, -0.15) is 0 Å². The molecule has 0 saturated heterocycles. The molecule has 1 heterocycles. The van der Waals surface area contributed by atoms with Crippen LogP contribution in [0.25, 0.3) is 0 Å². The zero-order valence-corrected chi connectivity index (χ0v) is 15.5. The van der Waals surface area contributed by atoms with E-state index in [0.717, 1.165) is 11.3 Å². The number of amides is 1. The first kappa shape index (κ1) is 18.8. The van der Waals surface area contributed by atoms with Crippen molar-refractivity contribution in [3.8, 4) is 0 Å². The van der Waals surface area contributed by atoms with Gasteiger partial charge in [0.2, 0.25) is 0 Å². The van der Waals surface area contributed by atoms with Crippen molar-refractivity contribution in [3.05, 3.63) is 87.1 Å². The number of ketones is 1. The SMILES string of the molecule is O=C(COC(=O)c1ccc(Cl)s1)Nc1ccccc1C(=O)c1ccccc1.